The van der Waals surface area contributed by atoms with Crippen LogP contribution in [0.15, 0.2) is 24.3 Å². The number of esters is 1. The molecule has 1 aliphatic carbocycles. The first-order valence-corrected chi connectivity index (χ1v) is 8.75. The molecule has 1 amide bonds. The largest absolute Gasteiger partial charge is 0.469 e. The van der Waals surface area contributed by atoms with E-state index < -0.39 is 0 Å². The van der Waals surface area contributed by atoms with E-state index in [1.807, 2.05) is 17.0 Å². The van der Waals surface area contributed by atoms with Crippen LogP contribution in [0.25, 0.3) is 0 Å². The molecule has 5 heteroatoms. The summed E-state index contributed by atoms with van der Waals surface area (Å²) in [5.41, 5.74) is 2.38. The molecule has 5 nitrogen and oxygen atoms in total. The molecule has 0 bridgehead atoms. The number of para-hydroxylation sites is 1. The highest BCUT2D eigenvalue weighted by Gasteiger charge is 2.34. The van der Waals surface area contributed by atoms with Gasteiger partial charge in [0.2, 0.25) is 5.91 Å². The van der Waals surface area contributed by atoms with Gasteiger partial charge in [-0.2, -0.15) is 0 Å². The van der Waals surface area contributed by atoms with Crippen LogP contribution >= 0.6 is 0 Å². The Morgan fingerprint density at radius 2 is 1.88 bits per heavy atom. The van der Waals surface area contributed by atoms with Crippen LogP contribution in [0.4, 0.5) is 5.69 Å². The van der Waals surface area contributed by atoms with Gasteiger partial charge in [-0.05, 0) is 30.9 Å². The van der Waals surface area contributed by atoms with Gasteiger partial charge >= 0.3 is 5.97 Å². The van der Waals surface area contributed by atoms with Gasteiger partial charge in [0.15, 0.2) is 0 Å². The van der Waals surface area contributed by atoms with E-state index in [9.17, 15) is 9.59 Å². The van der Waals surface area contributed by atoms with Crippen LogP contribution in [0, 0.1) is 11.8 Å². The van der Waals surface area contributed by atoms with Crippen LogP contribution in [-0.2, 0) is 20.9 Å². The van der Waals surface area contributed by atoms with Crippen LogP contribution in [0.5, 0.6) is 0 Å². The summed E-state index contributed by atoms with van der Waals surface area (Å²) in [5, 5.41) is 0. The molecule has 1 saturated carbocycles. The van der Waals surface area contributed by atoms with Crippen molar-refractivity contribution in [1.82, 2.24) is 4.90 Å². The Hall–Kier alpha value is -2.04. The maximum Gasteiger partial charge on any atom is 0.308 e. The number of fused-ring (bicyclic) bond motifs is 1. The van der Waals surface area contributed by atoms with Crippen molar-refractivity contribution in [3.05, 3.63) is 29.8 Å². The number of likely N-dealkylation sites (N-methyl/N-ethyl adjacent to an activating group) is 1. The van der Waals surface area contributed by atoms with Crippen molar-refractivity contribution >= 4 is 17.6 Å². The van der Waals surface area contributed by atoms with E-state index in [2.05, 4.69) is 24.1 Å². The lowest BCUT2D eigenvalue weighted by Gasteiger charge is -2.31. The number of carbonyl (C=O) groups excluding carboxylic acids is 2. The predicted octanol–water partition coefficient (Wildman–Crippen LogP) is 2.44. The summed E-state index contributed by atoms with van der Waals surface area (Å²) in [6.45, 7) is 2.21. The van der Waals surface area contributed by atoms with E-state index in [0.717, 1.165) is 32.4 Å². The predicted molar refractivity (Wildman–Crippen MR) is 92.6 cm³/mol. The van der Waals surface area contributed by atoms with Gasteiger partial charge in [0.05, 0.1) is 13.0 Å². The lowest BCUT2D eigenvalue weighted by molar-refractivity contribution is -0.148. The SMILES string of the molecule is COC(=O)[C@H]1CCC[C@H](C(=O)N2CCN(C)c3ccccc3C2)C1. The number of hydrogen-bond acceptors (Lipinski definition) is 4. The highest BCUT2D eigenvalue weighted by atomic mass is 16.5. The first kappa shape index (κ1) is 16.8. The lowest BCUT2D eigenvalue weighted by Crippen LogP contribution is -2.40. The van der Waals surface area contributed by atoms with Crippen molar-refractivity contribution in [2.24, 2.45) is 11.8 Å². The molecule has 0 spiro atoms. The first-order valence-electron chi connectivity index (χ1n) is 8.75. The molecular formula is C19H26N2O3. The van der Waals surface area contributed by atoms with Gasteiger partial charge < -0.3 is 14.5 Å². The fourth-order valence-electron chi connectivity index (χ4n) is 3.93. The Morgan fingerprint density at radius 3 is 2.67 bits per heavy atom. The summed E-state index contributed by atoms with van der Waals surface area (Å²) < 4.78 is 4.87. The van der Waals surface area contributed by atoms with Gasteiger partial charge in [0, 0.05) is 38.3 Å². The minimum absolute atomic E-state index is 0.0570. The van der Waals surface area contributed by atoms with Gasteiger partial charge in [-0.15, -0.1) is 0 Å². The Kier molecular flexibility index (Phi) is 5.07. The number of ether oxygens (including phenoxy) is 1. The second-order valence-electron chi connectivity index (χ2n) is 6.89. The molecule has 1 aromatic rings. The quantitative estimate of drug-likeness (QED) is 0.782. The Morgan fingerprint density at radius 1 is 1.12 bits per heavy atom. The van der Waals surface area contributed by atoms with E-state index in [1.165, 1.54) is 18.4 Å². The molecule has 1 aromatic carbocycles. The summed E-state index contributed by atoms with van der Waals surface area (Å²) in [5.74, 6) is -0.166. The molecule has 130 valence electrons. The van der Waals surface area contributed by atoms with Crippen molar-refractivity contribution in [1.29, 1.82) is 0 Å². The molecule has 1 heterocycles. The van der Waals surface area contributed by atoms with E-state index >= 15 is 0 Å². The molecule has 0 aromatic heterocycles. The average Bonchev–Trinajstić information content (AvgIpc) is 2.80. The molecule has 1 aliphatic heterocycles. The highest BCUT2D eigenvalue weighted by Crippen LogP contribution is 2.32. The third-order valence-corrected chi connectivity index (χ3v) is 5.34. The lowest BCUT2D eigenvalue weighted by atomic mass is 9.80. The van der Waals surface area contributed by atoms with Crippen molar-refractivity contribution < 1.29 is 14.3 Å². The Labute approximate surface area is 143 Å². The number of methoxy groups -OCH3 is 1. The Balaban J connectivity index is 1.72. The summed E-state index contributed by atoms with van der Waals surface area (Å²) in [6.07, 6.45) is 3.25. The Bertz CT molecular complexity index is 616. The van der Waals surface area contributed by atoms with Gasteiger partial charge in [0.1, 0.15) is 0 Å². The maximum atomic E-state index is 13.0. The minimum atomic E-state index is -0.173. The van der Waals surface area contributed by atoms with E-state index in [1.54, 1.807) is 0 Å². The molecule has 3 rings (SSSR count). The first-order chi connectivity index (χ1) is 11.6. The number of amides is 1. The molecule has 2 aliphatic rings. The number of benzene rings is 1. The van der Waals surface area contributed by atoms with E-state index in [4.69, 9.17) is 4.74 Å². The van der Waals surface area contributed by atoms with Crippen molar-refractivity contribution in [3.8, 4) is 0 Å². The number of nitrogens with zero attached hydrogens (tertiary/aromatic N) is 2. The zero-order chi connectivity index (χ0) is 17.1. The third-order valence-electron chi connectivity index (χ3n) is 5.34. The second-order valence-corrected chi connectivity index (χ2v) is 6.89. The van der Waals surface area contributed by atoms with Crippen LogP contribution in [0.2, 0.25) is 0 Å². The topological polar surface area (TPSA) is 49.9 Å². The number of anilines is 1. The summed E-state index contributed by atoms with van der Waals surface area (Å²) in [7, 11) is 3.50. The van der Waals surface area contributed by atoms with Gasteiger partial charge in [-0.25, -0.2) is 0 Å². The number of hydrogen-bond donors (Lipinski definition) is 0. The molecule has 0 radical (unpaired) electrons. The molecular weight excluding hydrogens is 304 g/mol. The fourth-order valence-corrected chi connectivity index (χ4v) is 3.93. The molecule has 1 fully saturated rings. The van der Waals surface area contributed by atoms with Crippen LogP contribution < -0.4 is 4.90 Å². The van der Waals surface area contributed by atoms with Crippen LogP contribution in [-0.4, -0.2) is 44.0 Å². The van der Waals surface area contributed by atoms with Gasteiger partial charge in [0.25, 0.3) is 0 Å². The van der Waals surface area contributed by atoms with Crippen LogP contribution in [0.3, 0.4) is 0 Å². The zero-order valence-electron chi connectivity index (χ0n) is 14.5. The molecule has 2 atom stereocenters. The normalized spacial score (nSPS) is 24.1. The monoisotopic (exact) mass is 330 g/mol. The second kappa shape index (κ2) is 7.24. The smallest absolute Gasteiger partial charge is 0.308 e. The molecule has 24 heavy (non-hydrogen) atoms. The van der Waals surface area contributed by atoms with Crippen LogP contribution in [0.1, 0.15) is 31.2 Å². The molecule has 0 N–H and O–H groups in total. The zero-order valence-corrected chi connectivity index (χ0v) is 14.5. The van der Waals surface area contributed by atoms with E-state index in [-0.39, 0.29) is 23.7 Å². The summed E-state index contributed by atoms with van der Waals surface area (Å²) >= 11 is 0. The maximum absolute atomic E-state index is 13.0. The number of carbonyl (C=O) groups is 2. The summed E-state index contributed by atoms with van der Waals surface area (Å²) in [6, 6.07) is 8.26. The molecule has 0 saturated heterocycles. The summed E-state index contributed by atoms with van der Waals surface area (Å²) in [4.78, 5) is 29.0. The fraction of sp³-hybridized carbons (Fsp3) is 0.579. The van der Waals surface area contributed by atoms with Gasteiger partial charge in [-0.3, -0.25) is 9.59 Å². The van der Waals surface area contributed by atoms with Crippen molar-refractivity contribution in [2.75, 3.05) is 32.1 Å². The van der Waals surface area contributed by atoms with E-state index in [0.29, 0.717) is 13.0 Å². The van der Waals surface area contributed by atoms with Crippen molar-refractivity contribution in [3.63, 3.8) is 0 Å². The molecule has 0 unspecified atom stereocenters. The minimum Gasteiger partial charge on any atom is -0.469 e. The third kappa shape index (κ3) is 3.40. The van der Waals surface area contributed by atoms with Gasteiger partial charge in [-0.1, -0.05) is 24.6 Å². The standard InChI is InChI=1S/C19H26N2O3/c1-20-10-11-21(13-16-6-3-4-9-17(16)20)18(22)14-7-5-8-15(12-14)19(23)24-2/h3-4,6,9,14-15H,5,7-8,10-13H2,1-2H3/t14-,15-/m0/s1. The number of rotatable bonds is 2. The highest BCUT2D eigenvalue weighted by molar-refractivity contribution is 5.81. The average molecular weight is 330 g/mol. The van der Waals surface area contributed by atoms with Crippen molar-refractivity contribution in [2.45, 2.75) is 32.2 Å².